The van der Waals surface area contributed by atoms with E-state index in [9.17, 15) is 9.18 Å². The highest BCUT2D eigenvalue weighted by molar-refractivity contribution is 5.97. The minimum absolute atomic E-state index is 0.257. The second kappa shape index (κ2) is 6.99. The number of aryl methyl sites for hydroxylation is 1. The molecule has 0 unspecified atom stereocenters. The molecule has 6 nitrogen and oxygen atoms in total. The molecule has 0 bridgehead atoms. The van der Waals surface area contributed by atoms with Crippen molar-refractivity contribution in [2.24, 2.45) is 7.05 Å². The number of hydrogen-bond donors (Lipinski definition) is 1. The fourth-order valence-electron chi connectivity index (χ4n) is 3.60. The van der Waals surface area contributed by atoms with Gasteiger partial charge in [-0.2, -0.15) is 5.10 Å². The molecule has 3 aromatic rings. The number of halogens is 1. The van der Waals surface area contributed by atoms with Gasteiger partial charge < -0.3 is 14.8 Å². The molecule has 1 aromatic heterocycles. The number of carbonyl (C=O) groups excluding carboxylic acids is 1. The van der Waals surface area contributed by atoms with E-state index in [2.05, 4.69) is 10.4 Å². The van der Waals surface area contributed by atoms with Gasteiger partial charge in [-0.15, -0.1) is 0 Å². The zero-order valence-electron chi connectivity index (χ0n) is 15.9. The number of ether oxygens (including phenoxy) is 2. The summed E-state index contributed by atoms with van der Waals surface area (Å²) < 4.78 is 25.5. The maximum absolute atomic E-state index is 13.0. The summed E-state index contributed by atoms with van der Waals surface area (Å²) in [6, 6.07) is 9.89. The maximum atomic E-state index is 13.0. The molecule has 0 saturated heterocycles. The molecule has 0 radical (unpaired) electrons. The van der Waals surface area contributed by atoms with Crippen molar-refractivity contribution in [3.05, 3.63) is 64.6 Å². The quantitative estimate of drug-likeness (QED) is 0.577. The number of methoxy groups -OCH3 is 2. The molecule has 1 aliphatic carbocycles. The molecular formula is C21H20FN3O3. The Balaban J connectivity index is 1.61. The minimum Gasteiger partial charge on any atom is -0.493 e. The lowest BCUT2D eigenvalue weighted by Crippen LogP contribution is -2.24. The summed E-state index contributed by atoms with van der Waals surface area (Å²) in [6.07, 6.45) is 0.595. The summed E-state index contributed by atoms with van der Waals surface area (Å²) in [7, 11) is 5.02. The number of rotatable bonds is 5. The van der Waals surface area contributed by atoms with Crippen LogP contribution in [0.3, 0.4) is 0 Å². The number of carbonyl (C=O) groups is 1. The Bertz CT molecular complexity index is 1060. The summed E-state index contributed by atoms with van der Waals surface area (Å²) >= 11 is 0. The largest absolute Gasteiger partial charge is 0.493 e. The van der Waals surface area contributed by atoms with Crippen molar-refractivity contribution < 1.29 is 18.7 Å². The minimum atomic E-state index is -0.304. The van der Waals surface area contributed by atoms with Crippen LogP contribution in [-0.2, 0) is 20.0 Å². The fraction of sp³-hybridized carbons (Fsp3) is 0.238. The molecule has 2 aromatic carbocycles. The van der Waals surface area contributed by atoms with Gasteiger partial charge in [0.2, 0.25) is 0 Å². The fourth-order valence-corrected chi connectivity index (χ4v) is 3.60. The van der Waals surface area contributed by atoms with E-state index in [-0.39, 0.29) is 11.7 Å². The van der Waals surface area contributed by atoms with Crippen LogP contribution in [0.4, 0.5) is 4.39 Å². The molecule has 1 amide bonds. The first-order valence-corrected chi connectivity index (χ1v) is 8.85. The predicted molar refractivity (Wildman–Crippen MR) is 102 cm³/mol. The van der Waals surface area contributed by atoms with Crippen molar-refractivity contribution in [2.75, 3.05) is 14.2 Å². The molecule has 0 fully saturated rings. The van der Waals surface area contributed by atoms with Crippen LogP contribution in [0, 0.1) is 5.82 Å². The highest BCUT2D eigenvalue weighted by atomic mass is 19.1. The van der Waals surface area contributed by atoms with E-state index in [1.165, 1.54) is 12.1 Å². The molecule has 0 saturated carbocycles. The summed E-state index contributed by atoms with van der Waals surface area (Å²) in [4.78, 5) is 12.7. The molecule has 1 aliphatic rings. The number of nitrogens with one attached hydrogen (secondary N) is 1. The number of amides is 1. The third kappa shape index (κ3) is 2.98. The third-order valence-corrected chi connectivity index (χ3v) is 4.96. The number of hydrogen-bond acceptors (Lipinski definition) is 4. The second-order valence-electron chi connectivity index (χ2n) is 6.65. The van der Waals surface area contributed by atoms with E-state index in [0.717, 1.165) is 27.9 Å². The summed E-state index contributed by atoms with van der Waals surface area (Å²) in [6.45, 7) is 0.305. The third-order valence-electron chi connectivity index (χ3n) is 4.96. The predicted octanol–water partition coefficient (Wildman–Crippen LogP) is 3.08. The van der Waals surface area contributed by atoms with Crippen molar-refractivity contribution >= 4 is 5.91 Å². The van der Waals surface area contributed by atoms with E-state index >= 15 is 0 Å². The Kier molecular flexibility index (Phi) is 4.50. The smallest absolute Gasteiger partial charge is 0.272 e. The standard InChI is InChI=1S/C21H20FN3O3/c1-25-20-15-10-18(28-3)17(27-2)9-13(15)8-16(20)19(24-25)21(26)23-11-12-4-6-14(22)7-5-12/h4-7,9-10H,8,11H2,1-3H3,(H,23,26). The number of fused-ring (bicyclic) bond motifs is 3. The number of benzene rings is 2. The van der Waals surface area contributed by atoms with Gasteiger partial charge >= 0.3 is 0 Å². The summed E-state index contributed by atoms with van der Waals surface area (Å²) in [5, 5.41) is 7.29. The molecule has 0 atom stereocenters. The number of nitrogens with zero attached hydrogens (tertiary/aromatic N) is 2. The molecular weight excluding hydrogens is 361 g/mol. The lowest BCUT2D eigenvalue weighted by Gasteiger charge is -2.11. The highest BCUT2D eigenvalue weighted by Crippen LogP contribution is 2.43. The van der Waals surface area contributed by atoms with Crippen LogP contribution in [0.5, 0.6) is 11.5 Å². The van der Waals surface area contributed by atoms with Crippen molar-refractivity contribution in [1.82, 2.24) is 15.1 Å². The van der Waals surface area contributed by atoms with Gasteiger partial charge in [-0.05, 0) is 35.4 Å². The molecule has 1 heterocycles. The average molecular weight is 381 g/mol. The normalized spacial score (nSPS) is 11.7. The first-order chi connectivity index (χ1) is 13.5. The van der Waals surface area contributed by atoms with Crippen LogP contribution < -0.4 is 14.8 Å². The highest BCUT2D eigenvalue weighted by Gasteiger charge is 2.30. The molecule has 1 N–H and O–H groups in total. The van der Waals surface area contributed by atoms with Crippen molar-refractivity contribution in [3.8, 4) is 22.8 Å². The Labute approximate surface area is 161 Å². The zero-order chi connectivity index (χ0) is 19.8. The van der Waals surface area contributed by atoms with Gasteiger partial charge in [0.15, 0.2) is 17.2 Å². The second-order valence-corrected chi connectivity index (χ2v) is 6.65. The lowest BCUT2D eigenvalue weighted by atomic mass is 10.1. The number of aromatic nitrogens is 2. The average Bonchev–Trinajstić information content (AvgIpc) is 3.23. The van der Waals surface area contributed by atoms with E-state index in [0.29, 0.717) is 30.2 Å². The van der Waals surface area contributed by atoms with Gasteiger partial charge in [-0.3, -0.25) is 9.48 Å². The van der Waals surface area contributed by atoms with Crippen LogP contribution in [0.1, 0.15) is 27.2 Å². The summed E-state index contributed by atoms with van der Waals surface area (Å²) in [5.41, 5.74) is 5.05. The lowest BCUT2D eigenvalue weighted by molar-refractivity contribution is 0.0944. The van der Waals surface area contributed by atoms with E-state index in [4.69, 9.17) is 9.47 Å². The Morgan fingerprint density at radius 2 is 1.86 bits per heavy atom. The van der Waals surface area contributed by atoms with Crippen LogP contribution in [0.2, 0.25) is 0 Å². The van der Waals surface area contributed by atoms with Gasteiger partial charge in [0.1, 0.15) is 5.82 Å². The molecule has 7 heteroatoms. The monoisotopic (exact) mass is 381 g/mol. The van der Waals surface area contributed by atoms with Crippen molar-refractivity contribution in [1.29, 1.82) is 0 Å². The topological polar surface area (TPSA) is 65.4 Å². The Morgan fingerprint density at radius 3 is 2.54 bits per heavy atom. The molecule has 4 rings (SSSR count). The zero-order valence-corrected chi connectivity index (χ0v) is 15.9. The van der Waals surface area contributed by atoms with Crippen LogP contribution in [0.25, 0.3) is 11.3 Å². The van der Waals surface area contributed by atoms with Crippen molar-refractivity contribution in [2.45, 2.75) is 13.0 Å². The summed E-state index contributed by atoms with van der Waals surface area (Å²) in [5.74, 6) is 0.732. The molecule has 28 heavy (non-hydrogen) atoms. The molecule has 144 valence electrons. The van der Waals surface area contributed by atoms with Crippen molar-refractivity contribution in [3.63, 3.8) is 0 Å². The van der Waals surface area contributed by atoms with E-state index in [1.807, 2.05) is 19.2 Å². The van der Waals surface area contributed by atoms with Gasteiger partial charge in [0.05, 0.1) is 19.9 Å². The Morgan fingerprint density at radius 1 is 1.18 bits per heavy atom. The SMILES string of the molecule is COc1cc2c(cc1OC)-c1c(c(C(=O)NCc3ccc(F)cc3)nn1C)C2. The molecule has 0 spiro atoms. The van der Waals surface area contributed by atoms with Gasteiger partial charge in [0, 0.05) is 31.1 Å². The van der Waals surface area contributed by atoms with E-state index in [1.54, 1.807) is 31.0 Å². The van der Waals surface area contributed by atoms with Crippen LogP contribution >= 0.6 is 0 Å². The first-order valence-electron chi connectivity index (χ1n) is 8.85. The van der Waals surface area contributed by atoms with Crippen LogP contribution in [-0.4, -0.2) is 29.9 Å². The van der Waals surface area contributed by atoms with Crippen LogP contribution in [0.15, 0.2) is 36.4 Å². The first kappa shape index (κ1) is 18.0. The van der Waals surface area contributed by atoms with E-state index < -0.39 is 0 Å². The maximum Gasteiger partial charge on any atom is 0.272 e. The van der Waals surface area contributed by atoms with Gasteiger partial charge in [-0.25, -0.2) is 4.39 Å². The Hall–Kier alpha value is -3.35. The van der Waals surface area contributed by atoms with Gasteiger partial charge in [0.25, 0.3) is 5.91 Å². The molecule has 0 aliphatic heterocycles. The van der Waals surface area contributed by atoms with Gasteiger partial charge in [-0.1, -0.05) is 12.1 Å².